The van der Waals surface area contributed by atoms with E-state index in [-0.39, 0.29) is 24.6 Å². The Labute approximate surface area is 124 Å². The lowest BCUT2D eigenvalue weighted by Gasteiger charge is -2.08. The molecule has 0 spiro atoms. The Morgan fingerprint density at radius 1 is 1.32 bits per heavy atom. The van der Waals surface area contributed by atoms with Gasteiger partial charge in [-0.3, -0.25) is 4.79 Å². The standard InChI is InChI=1S/C12H14FIN2O3/c1-2-19-12(18)16-6-5-15-11(17)9-7-8(13)3-4-10(9)14/h3-4,7H,2,5-6H2,1H3,(H,15,17)(H,16,18). The van der Waals surface area contributed by atoms with Crippen LogP contribution in [0.25, 0.3) is 0 Å². The van der Waals surface area contributed by atoms with E-state index in [1.54, 1.807) is 6.92 Å². The summed E-state index contributed by atoms with van der Waals surface area (Å²) in [6.07, 6.45) is -0.530. The zero-order valence-electron chi connectivity index (χ0n) is 10.3. The molecule has 0 aliphatic rings. The van der Waals surface area contributed by atoms with Crippen molar-refractivity contribution in [2.24, 2.45) is 0 Å². The zero-order valence-corrected chi connectivity index (χ0v) is 12.5. The molecule has 0 aromatic heterocycles. The number of alkyl carbamates (subject to hydrolysis) is 1. The van der Waals surface area contributed by atoms with Gasteiger partial charge in [0.1, 0.15) is 5.82 Å². The highest BCUT2D eigenvalue weighted by Crippen LogP contribution is 2.13. The zero-order chi connectivity index (χ0) is 14.3. The van der Waals surface area contributed by atoms with Crippen LogP contribution in [0.3, 0.4) is 0 Å². The molecule has 1 aromatic carbocycles. The molecule has 5 nitrogen and oxygen atoms in total. The Kier molecular flexibility index (Phi) is 6.54. The topological polar surface area (TPSA) is 67.4 Å². The molecule has 0 heterocycles. The number of ether oxygens (including phenoxy) is 1. The highest BCUT2D eigenvalue weighted by Gasteiger charge is 2.10. The van der Waals surface area contributed by atoms with Crippen LogP contribution in [0.1, 0.15) is 17.3 Å². The Morgan fingerprint density at radius 3 is 2.68 bits per heavy atom. The number of nitrogens with one attached hydrogen (secondary N) is 2. The van der Waals surface area contributed by atoms with Crippen molar-refractivity contribution >= 4 is 34.6 Å². The van der Waals surface area contributed by atoms with Gasteiger partial charge >= 0.3 is 6.09 Å². The van der Waals surface area contributed by atoms with Crippen LogP contribution >= 0.6 is 22.6 Å². The van der Waals surface area contributed by atoms with Crippen molar-refractivity contribution in [2.45, 2.75) is 6.92 Å². The molecule has 0 radical (unpaired) electrons. The summed E-state index contributed by atoms with van der Waals surface area (Å²) in [5.74, 6) is -0.843. The summed E-state index contributed by atoms with van der Waals surface area (Å²) >= 11 is 1.96. The molecule has 0 atom stereocenters. The molecule has 19 heavy (non-hydrogen) atoms. The van der Waals surface area contributed by atoms with Gasteiger partial charge in [0.2, 0.25) is 0 Å². The molecule has 1 aromatic rings. The van der Waals surface area contributed by atoms with Crippen molar-refractivity contribution in [3.63, 3.8) is 0 Å². The van der Waals surface area contributed by atoms with Gasteiger partial charge in [-0.05, 0) is 47.7 Å². The minimum Gasteiger partial charge on any atom is -0.450 e. The van der Waals surface area contributed by atoms with Crippen LogP contribution in [-0.2, 0) is 4.74 Å². The van der Waals surface area contributed by atoms with E-state index < -0.39 is 11.9 Å². The van der Waals surface area contributed by atoms with Crippen molar-refractivity contribution in [1.82, 2.24) is 10.6 Å². The summed E-state index contributed by atoms with van der Waals surface area (Å²) in [5.41, 5.74) is 0.275. The van der Waals surface area contributed by atoms with E-state index in [1.807, 2.05) is 22.6 Å². The van der Waals surface area contributed by atoms with Crippen LogP contribution in [0.15, 0.2) is 18.2 Å². The molecular weight excluding hydrogens is 366 g/mol. The molecule has 0 aliphatic carbocycles. The van der Waals surface area contributed by atoms with E-state index in [0.717, 1.165) is 0 Å². The first-order valence-electron chi connectivity index (χ1n) is 5.68. The van der Waals surface area contributed by atoms with Crippen molar-refractivity contribution in [3.05, 3.63) is 33.1 Å². The Morgan fingerprint density at radius 2 is 2.00 bits per heavy atom. The van der Waals surface area contributed by atoms with Crippen LogP contribution in [0.2, 0.25) is 0 Å². The number of hydrogen-bond acceptors (Lipinski definition) is 3. The van der Waals surface area contributed by atoms with Gasteiger partial charge in [0.05, 0.1) is 12.2 Å². The van der Waals surface area contributed by atoms with Crippen molar-refractivity contribution in [3.8, 4) is 0 Å². The Hall–Kier alpha value is -1.38. The molecule has 104 valence electrons. The minimum absolute atomic E-state index is 0.240. The third-order valence-electron chi connectivity index (χ3n) is 2.13. The predicted molar refractivity (Wildman–Crippen MR) is 76.5 cm³/mol. The normalized spacial score (nSPS) is 9.84. The number of hydrogen-bond donors (Lipinski definition) is 2. The van der Waals surface area contributed by atoms with Gasteiger partial charge < -0.3 is 15.4 Å². The quantitative estimate of drug-likeness (QED) is 0.606. The average molecular weight is 380 g/mol. The van der Waals surface area contributed by atoms with E-state index in [1.165, 1.54) is 18.2 Å². The number of halogens is 2. The van der Waals surface area contributed by atoms with Crippen LogP contribution in [-0.4, -0.2) is 31.7 Å². The SMILES string of the molecule is CCOC(=O)NCCNC(=O)c1cc(F)ccc1I. The summed E-state index contributed by atoms with van der Waals surface area (Å²) in [4.78, 5) is 22.7. The van der Waals surface area contributed by atoms with Crippen LogP contribution in [0.4, 0.5) is 9.18 Å². The summed E-state index contributed by atoms with van der Waals surface area (Å²) in [5, 5.41) is 5.05. The Bertz CT molecular complexity index is 468. The number of carbonyl (C=O) groups is 2. The summed E-state index contributed by atoms with van der Waals surface area (Å²) in [6.45, 7) is 2.48. The highest BCUT2D eigenvalue weighted by molar-refractivity contribution is 14.1. The van der Waals surface area contributed by atoms with Gasteiger partial charge in [0.25, 0.3) is 5.91 Å². The first-order valence-corrected chi connectivity index (χ1v) is 6.76. The predicted octanol–water partition coefficient (Wildman–Crippen LogP) is 1.91. The van der Waals surface area contributed by atoms with Crippen LogP contribution in [0, 0.1) is 9.39 Å². The fraction of sp³-hybridized carbons (Fsp3) is 0.333. The second-order valence-corrected chi connectivity index (χ2v) is 4.69. The summed E-state index contributed by atoms with van der Waals surface area (Å²) in [6, 6.07) is 4.00. The summed E-state index contributed by atoms with van der Waals surface area (Å²) < 4.78 is 18.3. The van der Waals surface area contributed by atoms with E-state index in [2.05, 4.69) is 15.4 Å². The molecule has 0 fully saturated rings. The molecule has 2 amide bonds. The number of amides is 2. The molecule has 7 heteroatoms. The second kappa shape index (κ2) is 7.93. The molecular formula is C12H14FIN2O3. The van der Waals surface area contributed by atoms with E-state index in [0.29, 0.717) is 10.2 Å². The monoisotopic (exact) mass is 380 g/mol. The molecule has 0 saturated heterocycles. The first kappa shape index (κ1) is 15.7. The van der Waals surface area contributed by atoms with E-state index >= 15 is 0 Å². The fourth-order valence-electron chi connectivity index (χ4n) is 1.29. The molecule has 0 saturated carbocycles. The van der Waals surface area contributed by atoms with Crippen LogP contribution < -0.4 is 10.6 Å². The fourth-order valence-corrected chi connectivity index (χ4v) is 1.87. The molecule has 2 N–H and O–H groups in total. The average Bonchev–Trinajstić information content (AvgIpc) is 2.37. The van der Waals surface area contributed by atoms with Gasteiger partial charge in [0, 0.05) is 16.7 Å². The third-order valence-corrected chi connectivity index (χ3v) is 3.07. The van der Waals surface area contributed by atoms with Gasteiger partial charge in [-0.2, -0.15) is 0 Å². The van der Waals surface area contributed by atoms with E-state index in [9.17, 15) is 14.0 Å². The molecule has 0 unspecified atom stereocenters. The van der Waals surface area contributed by atoms with Crippen molar-refractivity contribution < 1.29 is 18.7 Å². The maximum Gasteiger partial charge on any atom is 0.407 e. The lowest BCUT2D eigenvalue weighted by atomic mass is 10.2. The summed E-state index contributed by atoms with van der Waals surface area (Å²) in [7, 11) is 0. The smallest absolute Gasteiger partial charge is 0.407 e. The lowest BCUT2D eigenvalue weighted by molar-refractivity contribution is 0.0951. The maximum atomic E-state index is 13.0. The van der Waals surface area contributed by atoms with Gasteiger partial charge in [-0.25, -0.2) is 9.18 Å². The highest BCUT2D eigenvalue weighted by atomic mass is 127. The van der Waals surface area contributed by atoms with E-state index in [4.69, 9.17) is 0 Å². The number of benzene rings is 1. The largest absolute Gasteiger partial charge is 0.450 e. The van der Waals surface area contributed by atoms with Gasteiger partial charge in [-0.1, -0.05) is 0 Å². The maximum absolute atomic E-state index is 13.0. The Balaban J connectivity index is 2.39. The van der Waals surface area contributed by atoms with Crippen molar-refractivity contribution in [1.29, 1.82) is 0 Å². The minimum atomic E-state index is -0.530. The third kappa shape index (κ3) is 5.41. The molecule has 0 aliphatic heterocycles. The van der Waals surface area contributed by atoms with Gasteiger partial charge in [0.15, 0.2) is 0 Å². The lowest BCUT2D eigenvalue weighted by Crippen LogP contribution is -2.35. The van der Waals surface area contributed by atoms with Gasteiger partial charge in [-0.15, -0.1) is 0 Å². The van der Waals surface area contributed by atoms with Crippen molar-refractivity contribution in [2.75, 3.05) is 19.7 Å². The second-order valence-electron chi connectivity index (χ2n) is 3.53. The van der Waals surface area contributed by atoms with Crippen LogP contribution in [0.5, 0.6) is 0 Å². The first-order chi connectivity index (χ1) is 9.04. The number of carbonyl (C=O) groups excluding carboxylic acids is 2. The number of rotatable bonds is 5. The molecule has 1 rings (SSSR count). The molecule has 0 bridgehead atoms.